The van der Waals surface area contributed by atoms with Crippen LogP contribution in [-0.4, -0.2) is 5.78 Å². The maximum absolute atomic E-state index is 11.6. The molecule has 0 aromatic heterocycles. The van der Waals surface area contributed by atoms with Gasteiger partial charge in [0.2, 0.25) is 0 Å². The molecule has 0 heterocycles. The molecule has 0 saturated carbocycles. The lowest BCUT2D eigenvalue weighted by molar-refractivity contribution is 0.0981. The Bertz CT molecular complexity index is 301. The molecule has 1 radical (unpaired) electrons. The SMILES string of the molecule is C[C](C)CCC(=O)c1ccc(Br)cc1. The van der Waals surface area contributed by atoms with Gasteiger partial charge < -0.3 is 0 Å². The van der Waals surface area contributed by atoms with Gasteiger partial charge in [-0.05, 0) is 24.5 Å². The summed E-state index contributed by atoms with van der Waals surface area (Å²) in [5, 5.41) is 0. The van der Waals surface area contributed by atoms with Gasteiger partial charge in [0.1, 0.15) is 0 Å². The van der Waals surface area contributed by atoms with Gasteiger partial charge in [0, 0.05) is 16.5 Å². The Morgan fingerprint density at radius 1 is 1.14 bits per heavy atom. The molecule has 0 amide bonds. The number of Topliss-reactive ketones (excluding diaryl/α,β-unsaturated/α-hetero) is 1. The Labute approximate surface area is 93.7 Å². The molecule has 1 nitrogen and oxygen atoms in total. The third-order valence-electron chi connectivity index (χ3n) is 2.02. The number of hydrogen-bond acceptors (Lipinski definition) is 1. The van der Waals surface area contributed by atoms with Gasteiger partial charge >= 0.3 is 0 Å². The Morgan fingerprint density at radius 3 is 2.21 bits per heavy atom. The maximum Gasteiger partial charge on any atom is 0.162 e. The van der Waals surface area contributed by atoms with Gasteiger partial charge in [-0.25, -0.2) is 0 Å². The van der Waals surface area contributed by atoms with Gasteiger partial charge in [0.05, 0.1) is 0 Å². The minimum atomic E-state index is 0.221. The van der Waals surface area contributed by atoms with Gasteiger partial charge in [0.15, 0.2) is 5.78 Å². The van der Waals surface area contributed by atoms with E-state index in [0.717, 1.165) is 16.5 Å². The van der Waals surface area contributed by atoms with E-state index in [0.29, 0.717) is 6.42 Å². The molecule has 0 aliphatic heterocycles. The Balaban J connectivity index is 2.57. The first-order chi connectivity index (χ1) is 6.59. The van der Waals surface area contributed by atoms with Crippen LogP contribution in [0.15, 0.2) is 28.7 Å². The summed E-state index contributed by atoms with van der Waals surface area (Å²) < 4.78 is 1.01. The highest BCUT2D eigenvalue weighted by atomic mass is 79.9. The number of carbonyl (C=O) groups is 1. The van der Waals surface area contributed by atoms with Crippen LogP contribution in [0.25, 0.3) is 0 Å². The van der Waals surface area contributed by atoms with Crippen molar-refractivity contribution in [2.75, 3.05) is 0 Å². The molecule has 0 saturated heterocycles. The zero-order chi connectivity index (χ0) is 10.6. The van der Waals surface area contributed by atoms with E-state index in [2.05, 4.69) is 29.8 Å². The van der Waals surface area contributed by atoms with Crippen molar-refractivity contribution in [3.8, 4) is 0 Å². The number of benzene rings is 1. The molecule has 75 valence electrons. The second kappa shape index (κ2) is 5.30. The summed E-state index contributed by atoms with van der Waals surface area (Å²) in [6, 6.07) is 7.51. The molecule has 0 fully saturated rings. The molecular weight excluding hydrogens is 240 g/mol. The van der Waals surface area contributed by atoms with Crippen LogP contribution in [0, 0.1) is 5.92 Å². The molecule has 0 unspecified atom stereocenters. The molecular formula is C12H14BrO. The highest BCUT2D eigenvalue weighted by molar-refractivity contribution is 9.10. The van der Waals surface area contributed by atoms with Gasteiger partial charge in [-0.15, -0.1) is 0 Å². The summed E-state index contributed by atoms with van der Waals surface area (Å²) in [7, 11) is 0. The van der Waals surface area contributed by atoms with E-state index < -0.39 is 0 Å². The van der Waals surface area contributed by atoms with Crippen LogP contribution in [0.1, 0.15) is 37.0 Å². The molecule has 0 aliphatic carbocycles. The quantitative estimate of drug-likeness (QED) is 0.741. The summed E-state index contributed by atoms with van der Waals surface area (Å²) >= 11 is 3.34. The highest BCUT2D eigenvalue weighted by Gasteiger charge is 2.06. The van der Waals surface area contributed by atoms with Crippen LogP contribution < -0.4 is 0 Å². The summed E-state index contributed by atoms with van der Waals surface area (Å²) in [5.41, 5.74) is 0.800. The summed E-state index contributed by atoms with van der Waals surface area (Å²) in [6.45, 7) is 4.10. The van der Waals surface area contributed by atoms with Crippen LogP contribution in [0.2, 0.25) is 0 Å². The third-order valence-corrected chi connectivity index (χ3v) is 2.55. The zero-order valence-electron chi connectivity index (χ0n) is 8.51. The molecule has 1 rings (SSSR count). The lowest BCUT2D eigenvalue weighted by Crippen LogP contribution is -2.00. The normalized spacial score (nSPS) is 10.6. The van der Waals surface area contributed by atoms with Crippen LogP contribution in [0.4, 0.5) is 0 Å². The molecule has 0 atom stereocenters. The minimum Gasteiger partial charge on any atom is -0.294 e. The second-order valence-corrected chi connectivity index (χ2v) is 4.55. The van der Waals surface area contributed by atoms with Crippen molar-refractivity contribution >= 4 is 21.7 Å². The van der Waals surface area contributed by atoms with E-state index in [1.54, 1.807) is 0 Å². The average Bonchev–Trinajstić information content (AvgIpc) is 2.15. The maximum atomic E-state index is 11.6. The molecule has 2 heteroatoms. The van der Waals surface area contributed by atoms with Gasteiger partial charge in [-0.2, -0.15) is 0 Å². The van der Waals surface area contributed by atoms with Crippen molar-refractivity contribution in [1.82, 2.24) is 0 Å². The number of hydrogen-bond donors (Lipinski definition) is 0. The van der Waals surface area contributed by atoms with Crippen LogP contribution in [0.5, 0.6) is 0 Å². The predicted octanol–water partition coefficient (Wildman–Crippen LogP) is 4.03. The standard InChI is InChI=1S/C12H14BrO/c1-9(2)3-8-12(14)10-4-6-11(13)7-5-10/h4-7H,3,8H2,1-2H3. The topological polar surface area (TPSA) is 17.1 Å². The summed E-state index contributed by atoms with van der Waals surface area (Å²) in [6.07, 6.45) is 1.50. The number of rotatable bonds is 4. The van der Waals surface area contributed by atoms with E-state index in [1.165, 1.54) is 5.92 Å². The monoisotopic (exact) mass is 253 g/mol. The largest absolute Gasteiger partial charge is 0.294 e. The van der Waals surface area contributed by atoms with E-state index in [4.69, 9.17) is 0 Å². The van der Waals surface area contributed by atoms with Crippen molar-refractivity contribution < 1.29 is 4.79 Å². The second-order valence-electron chi connectivity index (χ2n) is 3.64. The Morgan fingerprint density at radius 2 is 1.71 bits per heavy atom. The van der Waals surface area contributed by atoms with Crippen LogP contribution in [0.3, 0.4) is 0 Å². The molecule has 14 heavy (non-hydrogen) atoms. The lowest BCUT2D eigenvalue weighted by Gasteiger charge is -2.03. The van der Waals surface area contributed by atoms with Crippen molar-refractivity contribution in [3.63, 3.8) is 0 Å². The van der Waals surface area contributed by atoms with Crippen molar-refractivity contribution in [2.45, 2.75) is 26.7 Å². The smallest absolute Gasteiger partial charge is 0.162 e. The molecule has 0 aliphatic rings. The molecule has 0 bridgehead atoms. The first-order valence-electron chi connectivity index (χ1n) is 4.67. The average molecular weight is 254 g/mol. The van der Waals surface area contributed by atoms with Crippen molar-refractivity contribution in [1.29, 1.82) is 0 Å². The third kappa shape index (κ3) is 3.62. The highest BCUT2D eigenvalue weighted by Crippen LogP contribution is 2.14. The van der Waals surface area contributed by atoms with Crippen molar-refractivity contribution in [2.24, 2.45) is 0 Å². The van der Waals surface area contributed by atoms with E-state index in [-0.39, 0.29) is 5.78 Å². The fourth-order valence-electron chi connectivity index (χ4n) is 1.14. The number of carbonyl (C=O) groups excluding carboxylic acids is 1. The molecule has 0 spiro atoms. The van der Waals surface area contributed by atoms with E-state index >= 15 is 0 Å². The summed E-state index contributed by atoms with van der Waals surface area (Å²) in [5.74, 6) is 1.52. The van der Waals surface area contributed by atoms with Crippen LogP contribution in [-0.2, 0) is 0 Å². The molecule has 1 aromatic rings. The molecule has 1 aromatic carbocycles. The Hall–Kier alpha value is -0.630. The fraction of sp³-hybridized carbons (Fsp3) is 0.333. The molecule has 0 N–H and O–H groups in total. The van der Waals surface area contributed by atoms with Crippen LogP contribution >= 0.6 is 15.9 Å². The summed E-state index contributed by atoms with van der Waals surface area (Å²) in [4.78, 5) is 11.6. The predicted molar refractivity (Wildman–Crippen MR) is 62.3 cm³/mol. The minimum absolute atomic E-state index is 0.221. The Kier molecular flexibility index (Phi) is 4.33. The van der Waals surface area contributed by atoms with Gasteiger partial charge in [0.25, 0.3) is 0 Å². The van der Waals surface area contributed by atoms with E-state index in [1.807, 2.05) is 24.3 Å². The number of ketones is 1. The fourth-order valence-corrected chi connectivity index (χ4v) is 1.41. The van der Waals surface area contributed by atoms with Gasteiger partial charge in [-0.3, -0.25) is 4.79 Å². The first kappa shape index (κ1) is 11.4. The lowest BCUT2D eigenvalue weighted by atomic mass is 10.0. The first-order valence-corrected chi connectivity index (χ1v) is 5.46. The van der Waals surface area contributed by atoms with Crippen molar-refractivity contribution in [3.05, 3.63) is 40.2 Å². The van der Waals surface area contributed by atoms with Gasteiger partial charge in [-0.1, -0.05) is 41.9 Å². The number of halogens is 1. The zero-order valence-corrected chi connectivity index (χ0v) is 10.1. The van der Waals surface area contributed by atoms with E-state index in [9.17, 15) is 4.79 Å².